The molecule has 0 spiro atoms. The number of amides is 1. The first-order valence-electron chi connectivity index (χ1n) is 7.32. The number of anilines is 1. The molecule has 0 aliphatic carbocycles. The fraction of sp³-hybridized carbons (Fsp3) is 0.562. The van der Waals surface area contributed by atoms with Gasteiger partial charge in [0.2, 0.25) is 0 Å². The van der Waals surface area contributed by atoms with Gasteiger partial charge in [-0.25, -0.2) is 0 Å². The molecule has 104 valence electrons. The maximum Gasteiger partial charge on any atom is 0.255 e. The van der Waals surface area contributed by atoms with Gasteiger partial charge in [0.05, 0.1) is 5.56 Å². The summed E-state index contributed by atoms with van der Waals surface area (Å²) in [6.07, 6.45) is 4.76. The fourth-order valence-electron chi connectivity index (χ4n) is 2.83. The number of hydrogen-bond acceptors (Lipinski definition) is 2. The number of benzene rings is 1. The minimum Gasteiger partial charge on any atom is -0.387 e. The Morgan fingerprint density at radius 3 is 2.84 bits per heavy atom. The molecule has 2 rings (SSSR count). The highest BCUT2D eigenvalue weighted by Gasteiger charge is 2.22. The standard InChI is InChI=1S/C16H24N2O/c1-3-13-7-6-11-18(12-10-13)16(19)14-8-4-5-9-15(14)17-2/h4-5,8-9,13,17H,3,6-7,10-12H2,1-2H3. The highest BCUT2D eigenvalue weighted by atomic mass is 16.2. The second-order valence-corrected chi connectivity index (χ2v) is 5.29. The zero-order valence-corrected chi connectivity index (χ0v) is 12.0. The van der Waals surface area contributed by atoms with Crippen LogP contribution in [-0.4, -0.2) is 30.9 Å². The van der Waals surface area contributed by atoms with Gasteiger partial charge < -0.3 is 10.2 Å². The second kappa shape index (κ2) is 6.60. The number of para-hydroxylation sites is 1. The predicted octanol–water partition coefficient (Wildman–Crippen LogP) is 3.38. The van der Waals surface area contributed by atoms with Crippen molar-refractivity contribution < 1.29 is 4.79 Å². The Balaban J connectivity index is 2.10. The number of nitrogens with zero attached hydrogens (tertiary/aromatic N) is 1. The molecule has 19 heavy (non-hydrogen) atoms. The summed E-state index contributed by atoms with van der Waals surface area (Å²) in [5, 5.41) is 3.10. The van der Waals surface area contributed by atoms with Gasteiger partial charge in [-0.1, -0.05) is 25.5 Å². The van der Waals surface area contributed by atoms with E-state index in [1.54, 1.807) is 0 Å². The van der Waals surface area contributed by atoms with E-state index in [0.29, 0.717) is 0 Å². The number of likely N-dealkylation sites (tertiary alicyclic amines) is 1. The van der Waals surface area contributed by atoms with E-state index in [0.717, 1.165) is 43.1 Å². The lowest BCUT2D eigenvalue weighted by Gasteiger charge is -2.22. The van der Waals surface area contributed by atoms with Crippen LogP contribution in [0.25, 0.3) is 0 Å². The monoisotopic (exact) mass is 260 g/mol. The summed E-state index contributed by atoms with van der Waals surface area (Å²) in [7, 11) is 1.86. The first-order valence-corrected chi connectivity index (χ1v) is 7.32. The molecule has 1 fully saturated rings. The van der Waals surface area contributed by atoms with E-state index in [4.69, 9.17) is 0 Å². The van der Waals surface area contributed by atoms with E-state index in [1.807, 2.05) is 36.2 Å². The van der Waals surface area contributed by atoms with Gasteiger partial charge in [0.1, 0.15) is 0 Å². The van der Waals surface area contributed by atoms with Gasteiger partial charge in [0.25, 0.3) is 5.91 Å². The molecule has 1 aliphatic rings. The number of carbonyl (C=O) groups excluding carboxylic acids is 1. The van der Waals surface area contributed by atoms with Gasteiger partial charge >= 0.3 is 0 Å². The van der Waals surface area contributed by atoms with E-state index in [-0.39, 0.29) is 5.91 Å². The normalized spacial score (nSPS) is 19.9. The van der Waals surface area contributed by atoms with E-state index in [9.17, 15) is 4.79 Å². The van der Waals surface area contributed by atoms with Gasteiger partial charge in [-0.15, -0.1) is 0 Å². The minimum absolute atomic E-state index is 0.168. The molecular formula is C16H24N2O. The third-order valence-corrected chi connectivity index (χ3v) is 4.14. The molecule has 0 aromatic heterocycles. The summed E-state index contributed by atoms with van der Waals surface area (Å²) < 4.78 is 0. The first kappa shape index (κ1) is 13.9. The maximum atomic E-state index is 12.6. The highest BCUT2D eigenvalue weighted by molar-refractivity contribution is 5.99. The minimum atomic E-state index is 0.168. The highest BCUT2D eigenvalue weighted by Crippen LogP contribution is 2.23. The van der Waals surface area contributed by atoms with Crippen LogP contribution < -0.4 is 5.32 Å². The van der Waals surface area contributed by atoms with E-state index in [1.165, 1.54) is 12.8 Å². The van der Waals surface area contributed by atoms with Crippen LogP contribution in [0.3, 0.4) is 0 Å². The molecule has 1 amide bonds. The summed E-state index contributed by atoms with van der Waals surface area (Å²) in [5.41, 5.74) is 1.71. The number of rotatable bonds is 3. The molecule has 1 unspecified atom stereocenters. The Hall–Kier alpha value is -1.51. The zero-order chi connectivity index (χ0) is 13.7. The lowest BCUT2D eigenvalue weighted by Crippen LogP contribution is -2.32. The van der Waals surface area contributed by atoms with Gasteiger partial charge in [0.15, 0.2) is 0 Å². The number of nitrogens with one attached hydrogen (secondary N) is 1. The second-order valence-electron chi connectivity index (χ2n) is 5.29. The SMILES string of the molecule is CCC1CCCN(C(=O)c2ccccc2NC)CC1. The molecule has 1 saturated heterocycles. The Labute approximate surface area is 116 Å². The fourth-order valence-corrected chi connectivity index (χ4v) is 2.83. The van der Waals surface area contributed by atoms with Crippen molar-refractivity contribution in [3.8, 4) is 0 Å². The average molecular weight is 260 g/mol. The van der Waals surface area contributed by atoms with Crippen molar-refractivity contribution in [2.75, 3.05) is 25.5 Å². The topological polar surface area (TPSA) is 32.3 Å². The Kier molecular flexibility index (Phi) is 4.83. The molecule has 1 aliphatic heterocycles. The lowest BCUT2D eigenvalue weighted by atomic mass is 9.98. The van der Waals surface area contributed by atoms with Crippen LogP contribution in [0.4, 0.5) is 5.69 Å². The van der Waals surface area contributed by atoms with Crippen molar-refractivity contribution in [1.29, 1.82) is 0 Å². The van der Waals surface area contributed by atoms with Crippen LogP contribution in [0.5, 0.6) is 0 Å². The third-order valence-electron chi connectivity index (χ3n) is 4.14. The summed E-state index contributed by atoms with van der Waals surface area (Å²) in [6.45, 7) is 4.04. The molecular weight excluding hydrogens is 236 g/mol. The van der Waals surface area contributed by atoms with Crippen LogP contribution in [0.15, 0.2) is 24.3 Å². The van der Waals surface area contributed by atoms with Gasteiger partial charge in [0, 0.05) is 25.8 Å². The molecule has 1 aromatic rings. The Morgan fingerprint density at radius 1 is 1.32 bits per heavy atom. The van der Waals surface area contributed by atoms with Crippen molar-refractivity contribution in [3.63, 3.8) is 0 Å². The van der Waals surface area contributed by atoms with Crippen molar-refractivity contribution in [2.24, 2.45) is 5.92 Å². The van der Waals surface area contributed by atoms with Crippen LogP contribution in [-0.2, 0) is 0 Å². The molecule has 0 saturated carbocycles. The smallest absolute Gasteiger partial charge is 0.255 e. The van der Waals surface area contributed by atoms with Gasteiger partial charge in [-0.2, -0.15) is 0 Å². The zero-order valence-electron chi connectivity index (χ0n) is 12.0. The van der Waals surface area contributed by atoms with Crippen LogP contribution in [0, 0.1) is 5.92 Å². The van der Waals surface area contributed by atoms with Crippen LogP contribution >= 0.6 is 0 Å². The van der Waals surface area contributed by atoms with E-state index in [2.05, 4.69) is 12.2 Å². The molecule has 3 heteroatoms. The number of hydrogen-bond donors (Lipinski definition) is 1. The van der Waals surface area contributed by atoms with E-state index >= 15 is 0 Å². The van der Waals surface area contributed by atoms with Gasteiger partial charge in [-0.3, -0.25) is 4.79 Å². The van der Waals surface area contributed by atoms with Crippen molar-refractivity contribution in [1.82, 2.24) is 4.90 Å². The molecule has 0 bridgehead atoms. The Bertz CT molecular complexity index is 431. The largest absolute Gasteiger partial charge is 0.387 e. The number of carbonyl (C=O) groups is 1. The molecule has 0 radical (unpaired) electrons. The Morgan fingerprint density at radius 2 is 2.11 bits per heavy atom. The average Bonchev–Trinajstić information content (AvgIpc) is 2.71. The third kappa shape index (κ3) is 3.28. The summed E-state index contributed by atoms with van der Waals surface area (Å²) in [5.74, 6) is 0.957. The van der Waals surface area contributed by atoms with Crippen molar-refractivity contribution in [3.05, 3.63) is 29.8 Å². The summed E-state index contributed by atoms with van der Waals surface area (Å²) in [6, 6.07) is 7.76. The van der Waals surface area contributed by atoms with Crippen molar-refractivity contribution in [2.45, 2.75) is 32.6 Å². The summed E-state index contributed by atoms with van der Waals surface area (Å²) in [4.78, 5) is 14.6. The molecule has 1 aromatic carbocycles. The maximum absolute atomic E-state index is 12.6. The quantitative estimate of drug-likeness (QED) is 0.903. The molecule has 3 nitrogen and oxygen atoms in total. The molecule has 1 heterocycles. The predicted molar refractivity (Wildman–Crippen MR) is 79.5 cm³/mol. The first-order chi connectivity index (χ1) is 9.26. The molecule has 1 N–H and O–H groups in total. The van der Waals surface area contributed by atoms with Gasteiger partial charge in [-0.05, 0) is 37.3 Å². The molecule has 1 atom stereocenters. The summed E-state index contributed by atoms with van der Waals surface area (Å²) >= 11 is 0. The lowest BCUT2D eigenvalue weighted by molar-refractivity contribution is 0.0761. The van der Waals surface area contributed by atoms with Crippen molar-refractivity contribution >= 4 is 11.6 Å². The van der Waals surface area contributed by atoms with Crippen LogP contribution in [0.2, 0.25) is 0 Å². The van der Waals surface area contributed by atoms with E-state index < -0.39 is 0 Å². The van der Waals surface area contributed by atoms with Crippen LogP contribution in [0.1, 0.15) is 43.0 Å².